The number of hydrogen-bond donors (Lipinski definition) is 1. The van der Waals surface area contributed by atoms with E-state index in [9.17, 15) is 0 Å². The lowest BCUT2D eigenvalue weighted by Gasteiger charge is -2.29. The van der Waals surface area contributed by atoms with Gasteiger partial charge in [0.15, 0.2) is 5.96 Å². The standard InChI is InChI=1S/C23H39N5O3/c1-3-22(31-14-1)4-7-25-23(24-6-2-8-26-10-15-29-16-11-26)28-9-5-21(20-28)19-27-12-17-30-18-13-27/h1,3,14,21H,2,4-13,15-20H2,(H,24,25). The van der Waals surface area contributed by atoms with E-state index in [4.69, 9.17) is 18.9 Å². The first-order valence-electron chi connectivity index (χ1n) is 12.0. The van der Waals surface area contributed by atoms with Gasteiger partial charge < -0.3 is 24.1 Å². The van der Waals surface area contributed by atoms with Crippen molar-refractivity contribution < 1.29 is 13.9 Å². The Kier molecular flexibility index (Phi) is 9.06. The maximum atomic E-state index is 5.50. The normalized spacial score (nSPS) is 24.1. The van der Waals surface area contributed by atoms with Gasteiger partial charge in [-0.1, -0.05) is 0 Å². The molecule has 4 heterocycles. The summed E-state index contributed by atoms with van der Waals surface area (Å²) in [7, 11) is 0. The number of ether oxygens (including phenoxy) is 2. The van der Waals surface area contributed by atoms with Gasteiger partial charge >= 0.3 is 0 Å². The lowest BCUT2D eigenvalue weighted by Crippen LogP contribution is -2.43. The van der Waals surface area contributed by atoms with E-state index in [0.717, 1.165) is 110 Å². The van der Waals surface area contributed by atoms with Crippen molar-refractivity contribution in [3.63, 3.8) is 0 Å². The number of aliphatic imine (C=N–C) groups is 1. The molecule has 1 aromatic rings. The minimum absolute atomic E-state index is 0.712. The van der Waals surface area contributed by atoms with Crippen LogP contribution in [0.1, 0.15) is 18.6 Å². The van der Waals surface area contributed by atoms with Crippen molar-refractivity contribution in [2.45, 2.75) is 19.3 Å². The Morgan fingerprint density at radius 2 is 1.81 bits per heavy atom. The number of furan rings is 1. The van der Waals surface area contributed by atoms with Crippen LogP contribution in [0.2, 0.25) is 0 Å². The summed E-state index contributed by atoms with van der Waals surface area (Å²) in [4.78, 5) is 12.5. The quantitative estimate of drug-likeness (QED) is 0.356. The lowest BCUT2D eigenvalue weighted by atomic mass is 10.1. The van der Waals surface area contributed by atoms with Crippen molar-refractivity contribution >= 4 is 5.96 Å². The van der Waals surface area contributed by atoms with E-state index in [-0.39, 0.29) is 0 Å². The third kappa shape index (κ3) is 7.49. The van der Waals surface area contributed by atoms with Crippen LogP contribution in [0.3, 0.4) is 0 Å². The van der Waals surface area contributed by atoms with Crippen LogP contribution in [0.15, 0.2) is 27.8 Å². The monoisotopic (exact) mass is 433 g/mol. The van der Waals surface area contributed by atoms with Crippen molar-refractivity contribution in [1.82, 2.24) is 20.0 Å². The molecule has 0 amide bonds. The largest absolute Gasteiger partial charge is 0.469 e. The molecule has 1 aromatic heterocycles. The van der Waals surface area contributed by atoms with Gasteiger partial charge in [0.25, 0.3) is 0 Å². The van der Waals surface area contributed by atoms with E-state index < -0.39 is 0 Å². The van der Waals surface area contributed by atoms with Gasteiger partial charge in [-0.25, -0.2) is 0 Å². The number of hydrogen-bond acceptors (Lipinski definition) is 6. The molecule has 8 nitrogen and oxygen atoms in total. The summed E-state index contributed by atoms with van der Waals surface area (Å²) in [6.45, 7) is 13.9. The number of nitrogens with one attached hydrogen (secondary N) is 1. The predicted octanol–water partition coefficient (Wildman–Crippen LogP) is 1.14. The molecule has 3 aliphatic heterocycles. The molecule has 0 saturated carbocycles. The Morgan fingerprint density at radius 3 is 2.55 bits per heavy atom. The Balaban J connectivity index is 1.25. The molecule has 1 unspecified atom stereocenters. The number of guanidine groups is 1. The van der Waals surface area contributed by atoms with Crippen molar-refractivity contribution in [3.8, 4) is 0 Å². The smallest absolute Gasteiger partial charge is 0.193 e. The van der Waals surface area contributed by atoms with Gasteiger partial charge in [-0.2, -0.15) is 0 Å². The van der Waals surface area contributed by atoms with Crippen molar-refractivity contribution in [2.24, 2.45) is 10.9 Å². The summed E-state index contributed by atoms with van der Waals surface area (Å²) in [5.41, 5.74) is 0. The molecule has 0 spiro atoms. The number of nitrogens with zero attached hydrogens (tertiary/aromatic N) is 4. The molecule has 3 fully saturated rings. The molecule has 0 radical (unpaired) electrons. The molecule has 174 valence electrons. The summed E-state index contributed by atoms with van der Waals surface area (Å²) in [5, 5.41) is 3.61. The highest BCUT2D eigenvalue weighted by molar-refractivity contribution is 5.80. The van der Waals surface area contributed by atoms with E-state index >= 15 is 0 Å². The zero-order valence-corrected chi connectivity index (χ0v) is 18.8. The van der Waals surface area contributed by atoms with Crippen LogP contribution >= 0.6 is 0 Å². The molecule has 0 bridgehead atoms. The first-order valence-corrected chi connectivity index (χ1v) is 12.0. The van der Waals surface area contributed by atoms with Gasteiger partial charge in [0.2, 0.25) is 0 Å². The summed E-state index contributed by atoms with van der Waals surface area (Å²) in [5.74, 6) is 2.80. The highest BCUT2D eigenvalue weighted by atomic mass is 16.5. The summed E-state index contributed by atoms with van der Waals surface area (Å²) < 4.78 is 16.4. The van der Waals surface area contributed by atoms with Crippen molar-refractivity contribution in [3.05, 3.63) is 24.2 Å². The van der Waals surface area contributed by atoms with Gasteiger partial charge in [-0.05, 0) is 30.9 Å². The maximum Gasteiger partial charge on any atom is 0.193 e. The molecule has 3 aliphatic rings. The van der Waals surface area contributed by atoms with Gasteiger partial charge in [0, 0.05) is 71.9 Å². The van der Waals surface area contributed by atoms with E-state index in [1.54, 1.807) is 6.26 Å². The zero-order valence-electron chi connectivity index (χ0n) is 18.8. The van der Waals surface area contributed by atoms with Crippen LogP contribution in [0.4, 0.5) is 0 Å². The Bertz CT molecular complexity index is 642. The third-order valence-electron chi connectivity index (χ3n) is 6.44. The van der Waals surface area contributed by atoms with E-state index in [2.05, 4.69) is 20.0 Å². The fourth-order valence-electron chi connectivity index (χ4n) is 4.65. The molecule has 1 atom stereocenters. The minimum Gasteiger partial charge on any atom is -0.469 e. The number of rotatable bonds is 9. The molecule has 8 heteroatoms. The second kappa shape index (κ2) is 12.4. The minimum atomic E-state index is 0.712. The zero-order chi connectivity index (χ0) is 21.1. The Labute approximate surface area is 186 Å². The number of morpholine rings is 2. The average molecular weight is 434 g/mol. The highest BCUT2D eigenvalue weighted by Crippen LogP contribution is 2.18. The fraction of sp³-hybridized carbons (Fsp3) is 0.783. The first kappa shape index (κ1) is 22.6. The first-order chi connectivity index (χ1) is 15.4. The average Bonchev–Trinajstić information content (AvgIpc) is 3.49. The van der Waals surface area contributed by atoms with E-state index in [0.29, 0.717) is 5.92 Å². The SMILES string of the molecule is c1coc(CCNC(=NCCCN2CCOCC2)N2CCC(CN3CCOCC3)C2)c1. The van der Waals surface area contributed by atoms with Crippen LogP contribution in [0.25, 0.3) is 0 Å². The second-order valence-electron chi connectivity index (χ2n) is 8.78. The Hall–Kier alpha value is -1.61. The van der Waals surface area contributed by atoms with Gasteiger partial charge in [-0.3, -0.25) is 14.8 Å². The van der Waals surface area contributed by atoms with Crippen LogP contribution in [0, 0.1) is 5.92 Å². The fourth-order valence-corrected chi connectivity index (χ4v) is 4.65. The molecule has 1 N–H and O–H groups in total. The van der Waals surface area contributed by atoms with Gasteiger partial charge in [0.1, 0.15) is 5.76 Å². The molecular weight excluding hydrogens is 394 g/mol. The van der Waals surface area contributed by atoms with E-state index in [1.807, 2.05) is 12.1 Å². The molecule has 0 aromatic carbocycles. The van der Waals surface area contributed by atoms with Crippen LogP contribution in [-0.4, -0.2) is 113 Å². The van der Waals surface area contributed by atoms with Crippen LogP contribution in [-0.2, 0) is 15.9 Å². The summed E-state index contributed by atoms with van der Waals surface area (Å²) in [6.07, 6.45) is 4.95. The third-order valence-corrected chi connectivity index (χ3v) is 6.44. The van der Waals surface area contributed by atoms with E-state index in [1.165, 1.54) is 13.0 Å². The summed E-state index contributed by atoms with van der Waals surface area (Å²) >= 11 is 0. The lowest BCUT2D eigenvalue weighted by molar-refractivity contribution is 0.0315. The van der Waals surface area contributed by atoms with Crippen LogP contribution in [0.5, 0.6) is 0 Å². The summed E-state index contributed by atoms with van der Waals surface area (Å²) in [6, 6.07) is 3.99. The van der Waals surface area contributed by atoms with Crippen LogP contribution < -0.4 is 5.32 Å². The number of likely N-dealkylation sites (tertiary alicyclic amines) is 1. The van der Waals surface area contributed by atoms with Gasteiger partial charge in [-0.15, -0.1) is 0 Å². The molecule has 3 saturated heterocycles. The second-order valence-corrected chi connectivity index (χ2v) is 8.78. The molecule has 31 heavy (non-hydrogen) atoms. The topological polar surface area (TPSA) is 65.7 Å². The van der Waals surface area contributed by atoms with Crippen molar-refractivity contribution in [1.29, 1.82) is 0 Å². The molecular formula is C23H39N5O3. The maximum absolute atomic E-state index is 5.50. The Morgan fingerprint density at radius 1 is 1.03 bits per heavy atom. The highest BCUT2D eigenvalue weighted by Gasteiger charge is 2.27. The van der Waals surface area contributed by atoms with Crippen molar-refractivity contribution in [2.75, 3.05) is 91.9 Å². The molecule has 0 aliphatic carbocycles. The van der Waals surface area contributed by atoms with Gasteiger partial charge in [0.05, 0.1) is 32.7 Å². The molecule has 4 rings (SSSR count). The predicted molar refractivity (Wildman–Crippen MR) is 122 cm³/mol.